The predicted molar refractivity (Wildman–Crippen MR) is 105 cm³/mol. The molecule has 0 spiro atoms. The van der Waals surface area contributed by atoms with Gasteiger partial charge in [-0.25, -0.2) is 4.79 Å². The lowest BCUT2D eigenvalue weighted by molar-refractivity contribution is -0.138. The summed E-state index contributed by atoms with van der Waals surface area (Å²) in [6.07, 6.45) is 3.55. The highest BCUT2D eigenvalue weighted by Gasteiger charge is 2.38. The predicted octanol–water partition coefficient (Wildman–Crippen LogP) is 4.13. The van der Waals surface area contributed by atoms with Gasteiger partial charge in [0, 0.05) is 25.7 Å². The fraction of sp³-hybridized carbons (Fsp3) is 0.636. The maximum atomic E-state index is 13.3. The van der Waals surface area contributed by atoms with Gasteiger partial charge < -0.3 is 14.5 Å². The van der Waals surface area contributed by atoms with Crippen LogP contribution in [0.15, 0.2) is 24.3 Å². The van der Waals surface area contributed by atoms with Crippen LogP contribution in [-0.2, 0) is 16.1 Å². The summed E-state index contributed by atoms with van der Waals surface area (Å²) in [5.41, 5.74) is 1.91. The molecule has 2 aliphatic rings. The summed E-state index contributed by atoms with van der Waals surface area (Å²) in [5.74, 6) is 0.0601. The van der Waals surface area contributed by atoms with E-state index < -0.39 is 5.60 Å². The number of ether oxygens (including phenoxy) is 1. The Bertz CT molecular complexity index is 691. The first kappa shape index (κ1) is 19.7. The Balaban J connectivity index is 1.67. The number of hydrogen-bond acceptors (Lipinski definition) is 3. The van der Waals surface area contributed by atoms with E-state index in [0.717, 1.165) is 25.7 Å². The largest absolute Gasteiger partial charge is 0.444 e. The molecule has 148 valence electrons. The SMILES string of the molecule is Cc1ccccc1CN(C(=O)[C@H]1CCCN(C(=O)OC(C)(C)C)C1)C1CC1. The molecule has 0 N–H and O–H groups in total. The molecule has 0 bridgehead atoms. The Labute approximate surface area is 162 Å². The number of piperidine rings is 1. The second kappa shape index (κ2) is 7.91. The van der Waals surface area contributed by atoms with Gasteiger partial charge in [0.15, 0.2) is 0 Å². The fourth-order valence-corrected chi connectivity index (χ4v) is 3.65. The van der Waals surface area contributed by atoms with Gasteiger partial charge in [-0.05, 0) is 64.5 Å². The van der Waals surface area contributed by atoms with Gasteiger partial charge in [0.25, 0.3) is 0 Å². The summed E-state index contributed by atoms with van der Waals surface area (Å²) in [6, 6.07) is 8.61. The minimum atomic E-state index is -0.515. The van der Waals surface area contributed by atoms with Crippen molar-refractivity contribution in [2.24, 2.45) is 5.92 Å². The van der Waals surface area contributed by atoms with Crippen molar-refractivity contribution in [3.05, 3.63) is 35.4 Å². The summed E-state index contributed by atoms with van der Waals surface area (Å²) in [4.78, 5) is 29.5. The Morgan fingerprint density at radius 3 is 2.52 bits per heavy atom. The van der Waals surface area contributed by atoms with Crippen LogP contribution in [0, 0.1) is 12.8 Å². The zero-order chi connectivity index (χ0) is 19.6. The van der Waals surface area contributed by atoms with Crippen LogP contribution >= 0.6 is 0 Å². The number of hydrogen-bond donors (Lipinski definition) is 0. The van der Waals surface area contributed by atoms with E-state index in [2.05, 4.69) is 19.1 Å². The fourth-order valence-electron chi connectivity index (χ4n) is 3.65. The molecule has 1 atom stereocenters. The van der Waals surface area contributed by atoms with Crippen molar-refractivity contribution in [3.63, 3.8) is 0 Å². The molecule has 5 nitrogen and oxygen atoms in total. The van der Waals surface area contributed by atoms with Gasteiger partial charge in [-0.15, -0.1) is 0 Å². The Morgan fingerprint density at radius 2 is 1.89 bits per heavy atom. The highest BCUT2D eigenvalue weighted by Crippen LogP contribution is 2.32. The molecule has 1 aliphatic heterocycles. The van der Waals surface area contributed by atoms with Gasteiger partial charge in [-0.2, -0.15) is 0 Å². The van der Waals surface area contributed by atoms with Crippen LogP contribution in [0.25, 0.3) is 0 Å². The van der Waals surface area contributed by atoms with Crippen molar-refractivity contribution in [2.75, 3.05) is 13.1 Å². The van der Waals surface area contributed by atoms with Crippen LogP contribution in [0.5, 0.6) is 0 Å². The average Bonchev–Trinajstić information content (AvgIpc) is 3.44. The van der Waals surface area contributed by atoms with Gasteiger partial charge in [0.1, 0.15) is 5.60 Å². The summed E-state index contributed by atoms with van der Waals surface area (Å²) in [6.45, 7) is 9.50. The van der Waals surface area contributed by atoms with E-state index in [-0.39, 0.29) is 17.9 Å². The third-order valence-electron chi connectivity index (χ3n) is 5.29. The Kier molecular flexibility index (Phi) is 5.78. The molecule has 1 heterocycles. The van der Waals surface area contributed by atoms with E-state index >= 15 is 0 Å². The average molecular weight is 373 g/mol. The van der Waals surface area contributed by atoms with Crippen molar-refractivity contribution < 1.29 is 14.3 Å². The van der Waals surface area contributed by atoms with Gasteiger partial charge in [0.2, 0.25) is 5.91 Å². The number of benzene rings is 1. The van der Waals surface area contributed by atoms with Gasteiger partial charge in [-0.1, -0.05) is 24.3 Å². The molecule has 3 rings (SSSR count). The first-order chi connectivity index (χ1) is 12.7. The first-order valence-corrected chi connectivity index (χ1v) is 10.1. The van der Waals surface area contributed by atoms with Gasteiger partial charge >= 0.3 is 6.09 Å². The van der Waals surface area contributed by atoms with Crippen LogP contribution in [0.1, 0.15) is 57.6 Å². The zero-order valence-corrected chi connectivity index (χ0v) is 17.0. The molecule has 1 saturated heterocycles. The molecule has 5 heteroatoms. The molecule has 0 radical (unpaired) electrons. The first-order valence-electron chi connectivity index (χ1n) is 10.1. The van der Waals surface area contributed by atoms with Crippen LogP contribution in [0.3, 0.4) is 0 Å². The van der Waals surface area contributed by atoms with E-state index in [1.54, 1.807) is 4.90 Å². The molecular formula is C22H32N2O3. The minimum Gasteiger partial charge on any atom is -0.444 e. The van der Waals surface area contributed by atoms with Crippen molar-refractivity contribution in [2.45, 2.75) is 71.6 Å². The molecule has 2 amide bonds. The number of rotatable bonds is 4. The topological polar surface area (TPSA) is 49.9 Å². The summed E-state index contributed by atoms with van der Waals surface area (Å²) < 4.78 is 5.50. The summed E-state index contributed by atoms with van der Waals surface area (Å²) >= 11 is 0. The highest BCUT2D eigenvalue weighted by atomic mass is 16.6. The number of amides is 2. The van der Waals surface area contributed by atoms with Crippen LogP contribution in [0.2, 0.25) is 0 Å². The van der Waals surface area contributed by atoms with Crippen LogP contribution in [-0.4, -0.2) is 46.5 Å². The summed E-state index contributed by atoms with van der Waals surface area (Å²) in [7, 11) is 0. The number of aryl methyl sites for hydroxylation is 1. The van der Waals surface area contributed by atoms with Gasteiger partial charge in [-0.3, -0.25) is 4.79 Å². The maximum absolute atomic E-state index is 13.3. The number of carbonyl (C=O) groups excluding carboxylic acids is 2. The van der Waals surface area contributed by atoms with E-state index in [4.69, 9.17) is 4.74 Å². The lowest BCUT2D eigenvalue weighted by atomic mass is 9.96. The van der Waals surface area contributed by atoms with E-state index in [9.17, 15) is 9.59 Å². The number of carbonyl (C=O) groups is 2. The van der Waals surface area contributed by atoms with E-state index in [1.807, 2.05) is 37.8 Å². The standard InChI is InChI=1S/C22H32N2O3/c1-16-8-5-6-9-17(16)15-24(19-11-12-19)20(25)18-10-7-13-23(14-18)21(26)27-22(2,3)4/h5-6,8-9,18-19H,7,10-15H2,1-4H3/t18-/m0/s1. The summed E-state index contributed by atoms with van der Waals surface area (Å²) in [5, 5.41) is 0. The molecule has 0 unspecified atom stereocenters. The number of nitrogens with zero attached hydrogens (tertiary/aromatic N) is 2. The Morgan fingerprint density at radius 1 is 1.19 bits per heavy atom. The number of likely N-dealkylation sites (tertiary alicyclic amines) is 1. The third kappa shape index (κ3) is 5.24. The normalized spacial score (nSPS) is 20.3. The Hall–Kier alpha value is -2.04. The molecule has 2 fully saturated rings. The van der Waals surface area contributed by atoms with Crippen molar-refractivity contribution in [1.82, 2.24) is 9.80 Å². The molecule has 1 aromatic rings. The minimum absolute atomic E-state index is 0.129. The van der Waals surface area contributed by atoms with Crippen molar-refractivity contribution >= 4 is 12.0 Å². The molecule has 1 saturated carbocycles. The molecule has 0 aromatic heterocycles. The quantitative estimate of drug-likeness (QED) is 0.798. The van der Waals surface area contributed by atoms with Crippen LogP contribution in [0.4, 0.5) is 4.79 Å². The monoisotopic (exact) mass is 372 g/mol. The molecule has 1 aliphatic carbocycles. The second-order valence-corrected chi connectivity index (χ2v) is 8.89. The lowest BCUT2D eigenvalue weighted by Gasteiger charge is -2.36. The smallest absolute Gasteiger partial charge is 0.410 e. The highest BCUT2D eigenvalue weighted by molar-refractivity contribution is 5.81. The lowest BCUT2D eigenvalue weighted by Crippen LogP contribution is -2.48. The zero-order valence-electron chi connectivity index (χ0n) is 17.0. The molecule has 1 aromatic carbocycles. The van der Waals surface area contributed by atoms with Crippen molar-refractivity contribution in [1.29, 1.82) is 0 Å². The van der Waals surface area contributed by atoms with Gasteiger partial charge in [0.05, 0.1) is 5.92 Å². The van der Waals surface area contributed by atoms with E-state index in [0.29, 0.717) is 25.7 Å². The van der Waals surface area contributed by atoms with Crippen LogP contribution < -0.4 is 0 Å². The second-order valence-electron chi connectivity index (χ2n) is 8.89. The molecular weight excluding hydrogens is 340 g/mol. The third-order valence-corrected chi connectivity index (χ3v) is 5.29. The van der Waals surface area contributed by atoms with Crippen molar-refractivity contribution in [3.8, 4) is 0 Å². The molecule has 27 heavy (non-hydrogen) atoms. The van der Waals surface area contributed by atoms with E-state index in [1.165, 1.54) is 11.1 Å². The maximum Gasteiger partial charge on any atom is 0.410 e.